The Morgan fingerprint density at radius 3 is 2.47 bits per heavy atom. The zero-order valence-electron chi connectivity index (χ0n) is 10.9. The van der Waals surface area contributed by atoms with E-state index in [0.29, 0.717) is 17.5 Å². The molecule has 0 saturated heterocycles. The van der Waals surface area contributed by atoms with Crippen molar-refractivity contribution < 1.29 is 8.78 Å². The summed E-state index contributed by atoms with van der Waals surface area (Å²) in [5, 5.41) is 0. The first-order valence-corrected chi connectivity index (χ1v) is 7.09. The fourth-order valence-corrected chi connectivity index (χ4v) is 2.58. The molecule has 0 aliphatic rings. The van der Waals surface area contributed by atoms with Crippen molar-refractivity contribution >= 4 is 11.8 Å². The Bertz CT molecular complexity index is 520. The number of halogens is 2. The Hall–Kier alpha value is -1.36. The SMILES string of the molecule is CC(C)c1ccc(SCc2nccn2C(F)F)cc1. The smallest absolute Gasteiger partial charge is 0.277 e. The predicted molar refractivity (Wildman–Crippen MR) is 73.6 cm³/mol. The van der Waals surface area contributed by atoms with Crippen molar-refractivity contribution in [2.45, 2.75) is 37.0 Å². The Labute approximate surface area is 115 Å². The average Bonchev–Trinajstić information content (AvgIpc) is 2.85. The highest BCUT2D eigenvalue weighted by Crippen LogP contribution is 2.25. The van der Waals surface area contributed by atoms with Crippen LogP contribution in [0.1, 0.15) is 37.7 Å². The van der Waals surface area contributed by atoms with Crippen molar-refractivity contribution in [2.24, 2.45) is 0 Å². The molecule has 0 unspecified atom stereocenters. The van der Waals surface area contributed by atoms with Gasteiger partial charge >= 0.3 is 6.55 Å². The van der Waals surface area contributed by atoms with Gasteiger partial charge in [-0.2, -0.15) is 8.78 Å². The fraction of sp³-hybridized carbons (Fsp3) is 0.357. The molecule has 0 spiro atoms. The Morgan fingerprint density at radius 1 is 1.21 bits per heavy atom. The first kappa shape index (κ1) is 14.1. The molecule has 102 valence electrons. The van der Waals surface area contributed by atoms with Gasteiger partial charge in [0, 0.05) is 17.3 Å². The number of hydrogen-bond acceptors (Lipinski definition) is 2. The summed E-state index contributed by atoms with van der Waals surface area (Å²) >= 11 is 1.51. The van der Waals surface area contributed by atoms with E-state index in [2.05, 4.69) is 31.0 Å². The summed E-state index contributed by atoms with van der Waals surface area (Å²) in [5.41, 5.74) is 1.28. The maximum absolute atomic E-state index is 12.6. The average molecular weight is 282 g/mol. The minimum absolute atomic E-state index is 0.396. The lowest BCUT2D eigenvalue weighted by Gasteiger charge is -2.08. The molecule has 0 bridgehead atoms. The summed E-state index contributed by atoms with van der Waals surface area (Å²) in [7, 11) is 0. The van der Waals surface area contributed by atoms with Crippen LogP contribution in [0.25, 0.3) is 0 Å². The molecule has 0 atom stereocenters. The molecule has 0 fully saturated rings. The van der Waals surface area contributed by atoms with E-state index in [9.17, 15) is 8.78 Å². The molecular formula is C14H16F2N2S. The third kappa shape index (κ3) is 3.56. The summed E-state index contributed by atoms with van der Waals surface area (Å²) < 4.78 is 26.2. The molecule has 1 heterocycles. The van der Waals surface area contributed by atoms with Crippen molar-refractivity contribution in [1.29, 1.82) is 0 Å². The lowest BCUT2D eigenvalue weighted by Crippen LogP contribution is -2.01. The van der Waals surface area contributed by atoms with Crippen molar-refractivity contribution in [3.63, 3.8) is 0 Å². The normalized spacial score (nSPS) is 11.5. The lowest BCUT2D eigenvalue weighted by atomic mass is 10.0. The molecular weight excluding hydrogens is 266 g/mol. The summed E-state index contributed by atoms with van der Waals surface area (Å²) in [6.07, 6.45) is 2.71. The van der Waals surface area contributed by atoms with E-state index in [4.69, 9.17) is 0 Å². The highest BCUT2D eigenvalue weighted by atomic mass is 32.2. The highest BCUT2D eigenvalue weighted by molar-refractivity contribution is 7.98. The number of alkyl halides is 2. The van der Waals surface area contributed by atoms with Crippen molar-refractivity contribution in [2.75, 3.05) is 0 Å². The fourth-order valence-electron chi connectivity index (χ4n) is 1.73. The standard InChI is InChI=1S/C14H16F2N2S/c1-10(2)11-3-5-12(6-4-11)19-9-13-17-7-8-18(13)14(15)16/h3-8,10,14H,9H2,1-2H3. The largest absolute Gasteiger partial charge is 0.319 e. The molecule has 1 aromatic carbocycles. The molecule has 0 aliphatic heterocycles. The molecule has 19 heavy (non-hydrogen) atoms. The second kappa shape index (κ2) is 6.19. The highest BCUT2D eigenvalue weighted by Gasteiger charge is 2.11. The van der Waals surface area contributed by atoms with Crippen LogP contribution in [0.2, 0.25) is 0 Å². The number of aromatic nitrogens is 2. The van der Waals surface area contributed by atoms with Crippen LogP contribution in [0.3, 0.4) is 0 Å². The minimum Gasteiger partial charge on any atom is -0.277 e. The van der Waals surface area contributed by atoms with Gasteiger partial charge in [-0.1, -0.05) is 26.0 Å². The third-order valence-electron chi connectivity index (χ3n) is 2.87. The Morgan fingerprint density at radius 2 is 1.89 bits per heavy atom. The monoisotopic (exact) mass is 282 g/mol. The van der Waals surface area contributed by atoms with Gasteiger partial charge < -0.3 is 0 Å². The van der Waals surface area contributed by atoms with Gasteiger partial charge in [-0.05, 0) is 23.6 Å². The van der Waals surface area contributed by atoms with E-state index in [1.807, 2.05) is 12.1 Å². The number of rotatable bonds is 5. The van der Waals surface area contributed by atoms with E-state index < -0.39 is 6.55 Å². The number of benzene rings is 1. The maximum atomic E-state index is 12.6. The van der Waals surface area contributed by atoms with Crippen LogP contribution >= 0.6 is 11.8 Å². The summed E-state index contributed by atoms with van der Waals surface area (Å²) in [4.78, 5) is 5.02. The zero-order chi connectivity index (χ0) is 13.8. The second-order valence-electron chi connectivity index (χ2n) is 4.54. The third-order valence-corrected chi connectivity index (χ3v) is 3.88. The molecule has 0 radical (unpaired) electrons. The van der Waals surface area contributed by atoms with Gasteiger partial charge in [0.1, 0.15) is 5.82 Å². The van der Waals surface area contributed by atoms with Crippen molar-refractivity contribution in [3.05, 3.63) is 48.0 Å². The number of nitrogens with zero attached hydrogens (tertiary/aromatic N) is 2. The van der Waals surface area contributed by atoms with E-state index in [1.165, 1.54) is 29.7 Å². The van der Waals surface area contributed by atoms with Crippen LogP contribution < -0.4 is 0 Å². The topological polar surface area (TPSA) is 17.8 Å². The summed E-state index contributed by atoms with van der Waals surface area (Å²) in [5.74, 6) is 1.34. The van der Waals surface area contributed by atoms with Gasteiger partial charge in [-0.25, -0.2) is 4.98 Å². The second-order valence-corrected chi connectivity index (χ2v) is 5.59. The molecule has 1 aromatic heterocycles. The van der Waals surface area contributed by atoms with Gasteiger partial charge in [-0.3, -0.25) is 4.57 Å². The van der Waals surface area contributed by atoms with Crippen LogP contribution in [0.15, 0.2) is 41.6 Å². The van der Waals surface area contributed by atoms with Crippen LogP contribution in [-0.4, -0.2) is 9.55 Å². The number of hydrogen-bond donors (Lipinski definition) is 0. The molecule has 5 heteroatoms. The maximum Gasteiger partial charge on any atom is 0.319 e. The van der Waals surface area contributed by atoms with Gasteiger partial charge in [0.15, 0.2) is 0 Å². The van der Waals surface area contributed by atoms with E-state index in [-0.39, 0.29) is 0 Å². The van der Waals surface area contributed by atoms with E-state index in [0.717, 1.165) is 9.46 Å². The van der Waals surface area contributed by atoms with E-state index >= 15 is 0 Å². The quantitative estimate of drug-likeness (QED) is 0.740. The predicted octanol–water partition coefficient (Wildman–Crippen LogP) is 4.69. The molecule has 0 amide bonds. The van der Waals surface area contributed by atoms with Crippen molar-refractivity contribution in [1.82, 2.24) is 9.55 Å². The molecule has 2 aromatic rings. The minimum atomic E-state index is -2.53. The Balaban J connectivity index is 2.00. The Kier molecular flexibility index (Phi) is 4.58. The first-order chi connectivity index (χ1) is 9.08. The molecule has 0 aliphatic carbocycles. The lowest BCUT2D eigenvalue weighted by molar-refractivity contribution is 0.0678. The first-order valence-electron chi connectivity index (χ1n) is 6.10. The van der Waals surface area contributed by atoms with Crippen LogP contribution in [0, 0.1) is 0 Å². The van der Waals surface area contributed by atoms with Crippen LogP contribution in [0.4, 0.5) is 8.78 Å². The van der Waals surface area contributed by atoms with Gasteiger partial charge in [-0.15, -0.1) is 11.8 Å². The molecule has 2 nitrogen and oxygen atoms in total. The van der Waals surface area contributed by atoms with Crippen molar-refractivity contribution in [3.8, 4) is 0 Å². The molecule has 0 N–H and O–H groups in total. The van der Waals surface area contributed by atoms with Gasteiger partial charge in [0.2, 0.25) is 0 Å². The van der Waals surface area contributed by atoms with Gasteiger partial charge in [0.25, 0.3) is 0 Å². The number of thioether (sulfide) groups is 1. The number of imidazole rings is 1. The van der Waals surface area contributed by atoms with E-state index in [1.54, 1.807) is 0 Å². The molecule has 0 saturated carbocycles. The van der Waals surface area contributed by atoms with Crippen LogP contribution in [-0.2, 0) is 5.75 Å². The summed E-state index contributed by atoms with van der Waals surface area (Å²) in [6.45, 7) is 1.75. The van der Waals surface area contributed by atoms with Crippen LogP contribution in [0.5, 0.6) is 0 Å². The summed E-state index contributed by atoms with van der Waals surface area (Å²) in [6, 6.07) is 8.20. The molecule has 2 rings (SSSR count). The van der Waals surface area contributed by atoms with Gasteiger partial charge in [0.05, 0.1) is 5.75 Å². The zero-order valence-corrected chi connectivity index (χ0v) is 11.7.